The summed E-state index contributed by atoms with van der Waals surface area (Å²) in [5, 5.41) is 3.09. The number of imide groups is 1. The summed E-state index contributed by atoms with van der Waals surface area (Å²) < 4.78 is 10.9. The Morgan fingerprint density at radius 3 is 2.70 bits per heavy atom. The fraction of sp³-hybridized carbons (Fsp3) is 0.400. The highest BCUT2D eigenvalue weighted by molar-refractivity contribution is 6.26. The van der Waals surface area contributed by atoms with Gasteiger partial charge < -0.3 is 14.8 Å². The summed E-state index contributed by atoms with van der Waals surface area (Å²) in [6, 6.07) is 8.94. The van der Waals surface area contributed by atoms with Crippen LogP contribution in [0.1, 0.15) is 29.5 Å². The van der Waals surface area contributed by atoms with E-state index in [2.05, 4.69) is 10.2 Å². The first-order chi connectivity index (χ1) is 15.9. The van der Waals surface area contributed by atoms with Gasteiger partial charge in [0.25, 0.3) is 0 Å². The number of ether oxygens (including phenoxy) is 2. The molecule has 4 atom stereocenters. The first-order valence-electron chi connectivity index (χ1n) is 11.4. The smallest absolute Gasteiger partial charge is 0.250 e. The molecule has 5 aliphatic rings. The number of carbonyl (C=O) groups is 3. The van der Waals surface area contributed by atoms with Gasteiger partial charge in [-0.25, -0.2) is 4.90 Å². The predicted molar refractivity (Wildman–Crippen MR) is 118 cm³/mol. The van der Waals surface area contributed by atoms with Crippen LogP contribution in [0.25, 0.3) is 0 Å². The lowest BCUT2D eigenvalue weighted by atomic mass is 9.75. The molecule has 3 saturated heterocycles. The number of nitrogens with one attached hydrogen (secondary N) is 1. The van der Waals surface area contributed by atoms with Gasteiger partial charge in [0.05, 0.1) is 17.5 Å². The van der Waals surface area contributed by atoms with Gasteiger partial charge in [0.15, 0.2) is 11.5 Å². The maximum Gasteiger partial charge on any atom is 0.250 e. The Balaban J connectivity index is 1.41. The molecule has 3 fully saturated rings. The fourth-order valence-corrected chi connectivity index (χ4v) is 6.80. The van der Waals surface area contributed by atoms with Crippen LogP contribution in [0.5, 0.6) is 11.5 Å². The molecule has 5 heterocycles. The number of aryl methyl sites for hydroxylation is 1. The maximum atomic E-state index is 14.0. The molecular weight excluding hydrogens is 422 g/mol. The van der Waals surface area contributed by atoms with E-state index in [1.165, 1.54) is 4.90 Å². The van der Waals surface area contributed by atoms with E-state index in [-0.39, 0.29) is 30.6 Å². The number of hydrogen-bond donors (Lipinski definition) is 1. The molecule has 2 aromatic carbocycles. The molecule has 7 rings (SSSR count). The lowest BCUT2D eigenvalue weighted by Gasteiger charge is -2.36. The number of nitrogens with zero attached hydrogens (tertiary/aromatic N) is 2. The molecule has 8 heteroatoms. The van der Waals surface area contributed by atoms with Gasteiger partial charge in [-0.05, 0) is 56.5 Å². The van der Waals surface area contributed by atoms with Crippen LogP contribution in [-0.2, 0) is 19.9 Å². The molecule has 1 spiro atoms. The summed E-state index contributed by atoms with van der Waals surface area (Å²) in [5.74, 6) is -0.960. The van der Waals surface area contributed by atoms with Crippen molar-refractivity contribution in [1.82, 2.24) is 4.90 Å². The Kier molecular flexibility index (Phi) is 3.55. The van der Waals surface area contributed by atoms with Crippen LogP contribution < -0.4 is 19.7 Å². The zero-order chi connectivity index (χ0) is 22.6. The van der Waals surface area contributed by atoms with E-state index in [1.807, 2.05) is 26.0 Å². The van der Waals surface area contributed by atoms with Crippen LogP contribution in [0.15, 0.2) is 30.3 Å². The molecule has 5 aliphatic heterocycles. The van der Waals surface area contributed by atoms with E-state index in [1.54, 1.807) is 18.2 Å². The van der Waals surface area contributed by atoms with Crippen molar-refractivity contribution in [3.05, 3.63) is 47.0 Å². The average molecular weight is 445 g/mol. The predicted octanol–water partition coefficient (Wildman–Crippen LogP) is 2.46. The van der Waals surface area contributed by atoms with Crippen LogP contribution in [0.4, 0.5) is 11.4 Å². The van der Waals surface area contributed by atoms with Gasteiger partial charge in [-0.1, -0.05) is 12.1 Å². The molecule has 33 heavy (non-hydrogen) atoms. The maximum absolute atomic E-state index is 14.0. The van der Waals surface area contributed by atoms with E-state index in [0.717, 1.165) is 35.2 Å². The minimum Gasteiger partial charge on any atom is -0.454 e. The number of anilines is 2. The normalized spacial score (nSPS) is 31.4. The fourth-order valence-electron chi connectivity index (χ4n) is 6.80. The number of fused-ring (bicyclic) bond motifs is 8. The van der Waals surface area contributed by atoms with E-state index < -0.39 is 17.4 Å². The van der Waals surface area contributed by atoms with E-state index in [4.69, 9.17) is 9.47 Å². The second-order valence-electron chi connectivity index (χ2n) is 9.61. The van der Waals surface area contributed by atoms with Gasteiger partial charge in [0.1, 0.15) is 5.54 Å². The van der Waals surface area contributed by atoms with Crippen LogP contribution in [0.3, 0.4) is 0 Å². The lowest BCUT2D eigenvalue weighted by molar-refractivity contribution is -0.135. The van der Waals surface area contributed by atoms with Gasteiger partial charge in [-0.15, -0.1) is 0 Å². The average Bonchev–Trinajstić information content (AvgIpc) is 3.57. The largest absolute Gasteiger partial charge is 0.454 e. The number of rotatable bonds is 1. The summed E-state index contributed by atoms with van der Waals surface area (Å²) in [6.45, 7) is 4.81. The highest BCUT2D eigenvalue weighted by atomic mass is 16.7. The third-order valence-electron chi connectivity index (χ3n) is 8.31. The van der Waals surface area contributed by atoms with Crippen molar-refractivity contribution in [3.63, 3.8) is 0 Å². The first-order valence-corrected chi connectivity index (χ1v) is 11.4. The first kappa shape index (κ1) is 19.1. The van der Waals surface area contributed by atoms with E-state index in [0.29, 0.717) is 23.7 Å². The number of benzene rings is 2. The Morgan fingerprint density at radius 1 is 1.03 bits per heavy atom. The topological polar surface area (TPSA) is 88.2 Å². The Bertz CT molecular complexity index is 1290. The summed E-state index contributed by atoms with van der Waals surface area (Å²) in [6.07, 6.45) is 1.69. The molecule has 0 aromatic heterocycles. The quantitative estimate of drug-likeness (QED) is 0.679. The Labute approximate surface area is 190 Å². The molecule has 8 nitrogen and oxygen atoms in total. The monoisotopic (exact) mass is 445 g/mol. The lowest BCUT2D eigenvalue weighted by Crippen LogP contribution is -2.54. The molecule has 3 amide bonds. The van der Waals surface area contributed by atoms with E-state index >= 15 is 0 Å². The molecule has 0 aliphatic carbocycles. The van der Waals surface area contributed by atoms with Crippen LogP contribution in [0.2, 0.25) is 0 Å². The number of hydrogen-bond acceptors (Lipinski definition) is 6. The van der Waals surface area contributed by atoms with E-state index in [9.17, 15) is 14.4 Å². The van der Waals surface area contributed by atoms with Crippen molar-refractivity contribution >= 4 is 29.1 Å². The molecule has 4 unspecified atom stereocenters. The third-order valence-corrected chi connectivity index (χ3v) is 8.31. The van der Waals surface area contributed by atoms with Crippen LogP contribution in [0, 0.1) is 25.7 Å². The minimum absolute atomic E-state index is 0.113. The van der Waals surface area contributed by atoms with Gasteiger partial charge in [0, 0.05) is 23.4 Å². The molecule has 1 N–H and O–H groups in total. The second-order valence-corrected chi connectivity index (χ2v) is 9.61. The summed E-state index contributed by atoms with van der Waals surface area (Å²) in [4.78, 5) is 45.0. The van der Waals surface area contributed by atoms with Crippen molar-refractivity contribution in [2.75, 3.05) is 23.6 Å². The molecule has 2 aromatic rings. The number of carbonyl (C=O) groups excluding carboxylic acids is 3. The van der Waals surface area contributed by atoms with Crippen molar-refractivity contribution in [1.29, 1.82) is 0 Å². The molecule has 168 valence electrons. The number of amides is 3. The molecule has 0 saturated carbocycles. The summed E-state index contributed by atoms with van der Waals surface area (Å²) in [5.41, 5.74) is 2.99. The van der Waals surface area contributed by atoms with Crippen molar-refractivity contribution in [2.24, 2.45) is 11.8 Å². The van der Waals surface area contributed by atoms with Gasteiger partial charge >= 0.3 is 0 Å². The molecular formula is C25H23N3O5. The zero-order valence-electron chi connectivity index (χ0n) is 18.4. The van der Waals surface area contributed by atoms with Gasteiger partial charge in [-0.3, -0.25) is 19.3 Å². The van der Waals surface area contributed by atoms with Crippen LogP contribution >= 0.6 is 0 Å². The van der Waals surface area contributed by atoms with Crippen molar-refractivity contribution < 1.29 is 23.9 Å². The van der Waals surface area contributed by atoms with Gasteiger partial charge in [0.2, 0.25) is 24.5 Å². The van der Waals surface area contributed by atoms with Crippen LogP contribution in [-0.4, -0.2) is 42.0 Å². The molecule has 0 bridgehead atoms. The third kappa shape index (κ3) is 2.08. The SMILES string of the molecule is Cc1ccc2c(c1C)NC(=O)C21C2C(=O)N(c3ccc4c(c3)OCO4)C(=O)C2C2CCCN21. The standard InChI is InChI=1S/C25H23N3O5/c1-12-5-7-15-21(13(12)2)26-24(31)25(15)20-19(16-4-3-9-27(16)25)22(29)28(23(20)30)14-6-8-17-18(10-14)33-11-32-17/h5-8,10,16,19-20H,3-4,9,11H2,1-2H3,(H,26,31). The van der Waals surface area contributed by atoms with Crippen molar-refractivity contribution in [2.45, 2.75) is 38.3 Å². The molecule has 0 radical (unpaired) electrons. The Morgan fingerprint density at radius 2 is 1.85 bits per heavy atom. The Hall–Kier alpha value is -3.39. The highest BCUT2D eigenvalue weighted by Crippen LogP contribution is 2.61. The zero-order valence-corrected chi connectivity index (χ0v) is 18.4. The summed E-state index contributed by atoms with van der Waals surface area (Å²) in [7, 11) is 0. The summed E-state index contributed by atoms with van der Waals surface area (Å²) >= 11 is 0. The van der Waals surface area contributed by atoms with Crippen molar-refractivity contribution in [3.8, 4) is 11.5 Å². The second kappa shape index (κ2) is 6.14. The minimum atomic E-state index is -1.16. The highest BCUT2D eigenvalue weighted by Gasteiger charge is 2.74. The van der Waals surface area contributed by atoms with Gasteiger partial charge in [-0.2, -0.15) is 0 Å².